The zero-order valence-corrected chi connectivity index (χ0v) is 10.4. The van der Waals surface area contributed by atoms with Gasteiger partial charge in [-0.2, -0.15) is 0 Å². The second kappa shape index (κ2) is 7.47. The van der Waals surface area contributed by atoms with Crippen LogP contribution >= 0.6 is 12.2 Å². The predicted octanol–water partition coefficient (Wildman–Crippen LogP) is 2.87. The highest BCUT2D eigenvalue weighted by molar-refractivity contribution is 7.78. The topological polar surface area (TPSA) is 41.8 Å². The summed E-state index contributed by atoms with van der Waals surface area (Å²) in [4.78, 5) is 17.5. The van der Waals surface area contributed by atoms with E-state index in [2.05, 4.69) is 48.1 Å². The van der Waals surface area contributed by atoms with Crippen LogP contribution < -0.4 is 0 Å². The third-order valence-corrected chi connectivity index (χ3v) is 2.40. The van der Waals surface area contributed by atoms with Crippen LogP contribution in [0.3, 0.4) is 0 Å². The zero-order chi connectivity index (χ0) is 11.7. The number of hydrogen-bond donors (Lipinski definition) is 0. The Morgan fingerprint density at radius 3 is 2.60 bits per heavy atom. The molecule has 0 amide bonds. The van der Waals surface area contributed by atoms with Crippen LogP contribution in [0.1, 0.15) is 33.6 Å². The molecule has 0 aliphatic heterocycles. The van der Waals surface area contributed by atoms with Gasteiger partial charge in [0.15, 0.2) is 0 Å². The lowest BCUT2D eigenvalue weighted by Crippen LogP contribution is -2.19. The number of isocyanates is 1. The van der Waals surface area contributed by atoms with Crippen molar-refractivity contribution < 1.29 is 4.79 Å². The Kier molecular flexibility index (Phi) is 7.06. The summed E-state index contributed by atoms with van der Waals surface area (Å²) >= 11 is 4.50. The first-order chi connectivity index (χ1) is 7.02. The summed E-state index contributed by atoms with van der Waals surface area (Å²) in [6.07, 6.45) is 3.60. The maximum absolute atomic E-state index is 10.0. The van der Waals surface area contributed by atoms with Crippen molar-refractivity contribution in [1.29, 1.82) is 0 Å². The van der Waals surface area contributed by atoms with Gasteiger partial charge in [-0.1, -0.05) is 20.8 Å². The molecule has 0 aromatic heterocycles. The second-order valence-corrected chi connectivity index (χ2v) is 4.83. The van der Waals surface area contributed by atoms with E-state index in [-0.39, 0.29) is 5.41 Å². The van der Waals surface area contributed by atoms with Crippen molar-refractivity contribution in [3.8, 4) is 0 Å². The van der Waals surface area contributed by atoms with Gasteiger partial charge in [-0.3, -0.25) is 0 Å². The summed E-state index contributed by atoms with van der Waals surface area (Å²) < 4.78 is 0. The van der Waals surface area contributed by atoms with E-state index in [9.17, 15) is 4.79 Å². The minimum Gasteiger partial charge on any atom is -0.233 e. The van der Waals surface area contributed by atoms with Crippen molar-refractivity contribution in [2.24, 2.45) is 21.3 Å². The van der Waals surface area contributed by atoms with E-state index in [1.165, 1.54) is 0 Å². The molecule has 1 unspecified atom stereocenters. The van der Waals surface area contributed by atoms with Gasteiger partial charge in [-0.05, 0) is 36.4 Å². The monoisotopic (exact) mass is 226 g/mol. The minimum absolute atomic E-state index is 0.0538. The van der Waals surface area contributed by atoms with Crippen LogP contribution in [0.25, 0.3) is 0 Å². The van der Waals surface area contributed by atoms with Gasteiger partial charge in [-0.15, -0.1) is 0 Å². The molecule has 15 heavy (non-hydrogen) atoms. The highest BCUT2D eigenvalue weighted by Gasteiger charge is 2.20. The van der Waals surface area contributed by atoms with Gasteiger partial charge in [0.2, 0.25) is 6.08 Å². The molecule has 1 atom stereocenters. The summed E-state index contributed by atoms with van der Waals surface area (Å²) in [5, 5.41) is 2.36. The van der Waals surface area contributed by atoms with Crippen LogP contribution in [-0.4, -0.2) is 24.3 Å². The fourth-order valence-electron chi connectivity index (χ4n) is 1.69. The molecular weight excluding hydrogens is 208 g/mol. The average Bonchev–Trinajstić information content (AvgIpc) is 2.14. The molecule has 0 fully saturated rings. The van der Waals surface area contributed by atoms with Gasteiger partial charge in [0.25, 0.3) is 0 Å². The van der Waals surface area contributed by atoms with E-state index in [0.717, 1.165) is 19.4 Å². The summed E-state index contributed by atoms with van der Waals surface area (Å²) in [6.45, 7) is 7.65. The van der Waals surface area contributed by atoms with Crippen LogP contribution in [-0.2, 0) is 4.79 Å². The van der Waals surface area contributed by atoms with E-state index < -0.39 is 0 Å². The first-order valence-electron chi connectivity index (χ1n) is 5.09. The number of aliphatic imine (C=N–C) groups is 2. The lowest BCUT2D eigenvalue weighted by Gasteiger charge is -2.25. The number of isothiocyanates is 1. The van der Waals surface area contributed by atoms with Crippen molar-refractivity contribution in [3.05, 3.63) is 0 Å². The molecule has 0 aromatic rings. The molecule has 0 radical (unpaired) electrons. The van der Waals surface area contributed by atoms with Crippen LogP contribution in [0.2, 0.25) is 0 Å². The van der Waals surface area contributed by atoms with Gasteiger partial charge < -0.3 is 0 Å². The molecule has 0 rings (SSSR count). The second-order valence-electron chi connectivity index (χ2n) is 4.64. The first-order valence-corrected chi connectivity index (χ1v) is 5.50. The number of thiocarbonyl (C=S) groups is 1. The molecule has 0 aliphatic rings. The van der Waals surface area contributed by atoms with Gasteiger partial charge in [0.05, 0.1) is 11.7 Å². The van der Waals surface area contributed by atoms with Crippen LogP contribution in [0.5, 0.6) is 0 Å². The summed E-state index contributed by atoms with van der Waals surface area (Å²) in [6, 6.07) is 0. The Bertz CT molecular complexity index is 276. The van der Waals surface area contributed by atoms with Gasteiger partial charge in [0, 0.05) is 6.54 Å². The molecule has 0 saturated heterocycles. The highest BCUT2D eigenvalue weighted by Crippen LogP contribution is 2.27. The van der Waals surface area contributed by atoms with E-state index in [1.807, 2.05) is 0 Å². The molecule has 0 aromatic carbocycles. The normalized spacial score (nSPS) is 12.5. The Morgan fingerprint density at radius 2 is 2.07 bits per heavy atom. The number of hydrogen-bond acceptors (Lipinski definition) is 4. The van der Waals surface area contributed by atoms with E-state index in [0.29, 0.717) is 12.5 Å². The average molecular weight is 226 g/mol. The maximum Gasteiger partial charge on any atom is 0.234 e. The van der Waals surface area contributed by atoms with Crippen molar-refractivity contribution in [2.45, 2.75) is 33.6 Å². The van der Waals surface area contributed by atoms with Gasteiger partial charge >= 0.3 is 0 Å². The highest BCUT2D eigenvalue weighted by atomic mass is 32.1. The quantitative estimate of drug-likeness (QED) is 0.380. The van der Waals surface area contributed by atoms with Crippen molar-refractivity contribution in [2.75, 3.05) is 13.1 Å². The fourth-order valence-corrected chi connectivity index (χ4v) is 1.78. The Balaban J connectivity index is 3.96. The maximum atomic E-state index is 10.0. The SMILES string of the molecule is CC(CCN=C=S)CC(C)(C)CN=C=O. The summed E-state index contributed by atoms with van der Waals surface area (Å²) in [7, 11) is 0. The molecule has 0 heterocycles. The lowest BCUT2D eigenvalue weighted by molar-refractivity contribution is 0.280. The first kappa shape index (κ1) is 14.2. The smallest absolute Gasteiger partial charge is 0.233 e. The predicted molar refractivity (Wildman–Crippen MR) is 65.1 cm³/mol. The third kappa shape index (κ3) is 8.19. The number of rotatable bonds is 7. The summed E-state index contributed by atoms with van der Waals surface area (Å²) in [5.74, 6) is 0.550. The van der Waals surface area contributed by atoms with Gasteiger partial charge in [0.1, 0.15) is 0 Å². The van der Waals surface area contributed by atoms with Crippen molar-refractivity contribution in [3.63, 3.8) is 0 Å². The molecule has 0 bridgehead atoms. The number of nitrogens with zero attached hydrogens (tertiary/aromatic N) is 2. The van der Waals surface area contributed by atoms with Crippen LogP contribution in [0, 0.1) is 11.3 Å². The van der Waals surface area contributed by atoms with Crippen molar-refractivity contribution in [1.82, 2.24) is 0 Å². The molecule has 0 saturated carbocycles. The third-order valence-electron chi connectivity index (χ3n) is 2.27. The van der Waals surface area contributed by atoms with E-state index in [1.54, 1.807) is 6.08 Å². The molecule has 84 valence electrons. The van der Waals surface area contributed by atoms with Gasteiger partial charge in [-0.25, -0.2) is 14.8 Å². The van der Waals surface area contributed by atoms with Crippen LogP contribution in [0.15, 0.2) is 9.98 Å². The molecule has 0 spiro atoms. The lowest BCUT2D eigenvalue weighted by atomic mass is 9.82. The molecule has 0 N–H and O–H groups in total. The Labute approximate surface area is 96.7 Å². The minimum atomic E-state index is 0.0538. The van der Waals surface area contributed by atoms with Crippen LogP contribution in [0.4, 0.5) is 0 Å². The van der Waals surface area contributed by atoms with E-state index >= 15 is 0 Å². The van der Waals surface area contributed by atoms with E-state index in [4.69, 9.17) is 0 Å². The fraction of sp³-hybridized carbons (Fsp3) is 0.818. The Hall–Kier alpha value is -0.820. The van der Waals surface area contributed by atoms with Crippen molar-refractivity contribution >= 4 is 23.5 Å². The number of carbonyl (C=O) groups excluding carboxylic acids is 1. The molecule has 3 nitrogen and oxygen atoms in total. The molecular formula is C11H18N2OS. The summed E-state index contributed by atoms with van der Waals surface area (Å²) in [5.41, 5.74) is 0.0538. The molecule has 0 aliphatic carbocycles. The largest absolute Gasteiger partial charge is 0.234 e. The standard InChI is InChI=1S/C11H18N2OS/c1-10(4-5-12-9-15)6-11(2,3)7-13-8-14/h10H,4-7H2,1-3H3. The Morgan fingerprint density at radius 1 is 1.40 bits per heavy atom. The zero-order valence-electron chi connectivity index (χ0n) is 9.62. The molecule has 4 heteroatoms.